The smallest absolute Gasteiger partial charge is 0.182 e. The number of para-hydroxylation sites is 2. The van der Waals surface area contributed by atoms with Crippen LogP contribution in [0, 0.1) is 6.92 Å². The Morgan fingerprint density at radius 3 is 2.71 bits per heavy atom. The van der Waals surface area contributed by atoms with Crippen LogP contribution in [0.5, 0.6) is 0 Å². The summed E-state index contributed by atoms with van der Waals surface area (Å²) in [6.07, 6.45) is 3.14. The molecule has 1 atom stereocenters. The topological polar surface area (TPSA) is 84.3 Å². The van der Waals surface area contributed by atoms with Crippen molar-refractivity contribution in [2.45, 2.75) is 19.9 Å². The van der Waals surface area contributed by atoms with Crippen LogP contribution in [0.15, 0.2) is 61.2 Å². The number of rotatable bonds is 4. The Kier molecular flexibility index (Phi) is 3.79. The monoisotopic (exact) mass is 369 g/mol. The highest BCUT2D eigenvalue weighted by atomic mass is 15.2. The predicted octanol–water partition coefficient (Wildman–Crippen LogP) is 4.17. The minimum absolute atomic E-state index is 0.0894. The first-order valence-corrected chi connectivity index (χ1v) is 9.16. The van der Waals surface area contributed by atoms with E-state index < -0.39 is 0 Å². The molecule has 7 heteroatoms. The number of aromatic amines is 1. The Balaban J connectivity index is 1.66. The van der Waals surface area contributed by atoms with Gasteiger partial charge < -0.3 is 10.3 Å². The predicted molar refractivity (Wildman–Crippen MR) is 110 cm³/mol. The van der Waals surface area contributed by atoms with Gasteiger partial charge >= 0.3 is 0 Å². The number of imidazole rings is 2. The largest absolute Gasteiger partial charge is 0.358 e. The van der Waals surface area contributed by atoms with Crippen molar-refractivity contribution in [3.8, 4) is 5.69 Å². The lowest BCUT2D eigenvalue weighted by molar-refractivity contribution is 0.769. The van der Waals surface area contributed by atoms with E-state index >= 15 is 0 Å². The lowest BCUT2D eigenvalue weighted by atomic mass is 10.2. The van der Waals surface area contributed by atoms with Gasteiger partial charge in [0, 0.05) is 5.69 Å². The molecule has 0 aliphatic rings. The van der Waals surface area contributed by atoms with Gasteiger partial charge in [-0.25, -0.2) is 19.9 Å². The van der Waals surface area contributed by atoms with Crippen LogP contribution >= 0.6 is 0 Å². The fraction of sp³-hybridized carbons (Fsp3) is 0.143. The Labute approximate surface area is 161 Å². The SMILES string of the molecule is Cc1cccc2c1nc([C@H](C)Nc1ncnc3nc[nH]c13)n2-c1ccccc1. The zero-order valence-corrected chi connectivity index (χ0v) is 15.6. The summed E-state index contributed by atoms with van der Waals surface area (Å²) in [4.78, 5) is 20.9. The molecule has 0 aliphatic heterocycles. The van der Waals surface area contributed by atoms with E-state index in [0.29, 0.717) is 11.5 Å². The van der Waals surface area contributed by atoms with Crippen LogP contribution < -0.4 is 5.32 Å². The van der Waals surface area contributed by atoms with Gasteiger partial charge in [-0.2, -0.15) is 0 Å². The van der Waals surface area contributed by atoms with Gasteiger partial charge in [-0.05, 0) is 37.6 Å². The number of aryl methyl sites for hydroxylation is 1. The Morgan fingerprint density at radius 1 is 1.00 bits per heavy atom. The molecule has 5 aromatic rings. The van der Waals surface area contributed by atoms with Gasteiger partial charge in [0.15, 0.2) is 11.5 Å². The average Bonchev–Trinajstić information content (AvgIpc) is 3.34. The summed E-state index contributed by atoms with van der Waals surface area (Å²) in [6.45, 7) is 4.17. The summed E-state index contributed by atoms with van der Waals surface area (Å²) in [6, 6.07) is 16.5. The molecule has 0 aliphatic carbocycles. The number of benzene rings is 2. The van der Waals surface area contributed by atoms with Crippen molar-refractivity contribution in [2.75, 3.05) is 5.32 Å². The third kappa shape index (κ3) is 2.60. The highest BCUT2D eigenvalue weighted by molar-refractivity contribution is 5.83. The minimum atomic E-state index is -0.0894. The molecule has 0 bridgehead atoms. The summed E-state index contributed by atoms with van der Waals surface area (Å²) in [5.74, 6) is 1.63. The van der Waals surface area contributed by atoms with Crippen LogP contribution in [-0.4, -0.2) is 29.5 Å². The van der Waals surface area contributed by atoms with Crippen LogP contribution in [0.3, 0.4) is 0 Å². The number of nitrogens with one attached hydrogen (secondary N) is 2. The molecule has 0 unspecified atom stereocenters. The molecule has 0 amide bonds. The lowest BCUT2D eigenvalue weighted by Crippen LogP contribution is -2.14. The number of fused-ring (bicyclic) bond motifs is 2. The number of hydrogen-bond donors (Lipinski definition) is 2. The summed E-state index contributed by atoms with van der Waals surface area (Å²) in [5.41, 5.74) is 5.74. The Hall–Kier alpha value is -3.74. The number of aromatic nitrogens is 6. The fourth-order valence-electron chi connectivity index (χ4n) is 3.54. The number of nitrogens with zero attached hydrogens (tertiary/aromatic N) is 5. The fourth-order valence-corrected chi connectivity index (χ4v) is 3.54. The van der Waals surface area contributed by atoms with Gasteiger partial charge in [0.2, 0.25) is 0 Å². The first kappa shape index (κ1) is 16.4. The maximum absolute atomic E-state index is 4.98. The third-order valence-corrected chi connectivity index (χ3v) is 4.89. The second-order valence-electron chi connectivity index (χ2n) is 6.77. The summed E-state index contributed by atoms with van der Waals surface area (Å²) in [7, 11) is 0. The molecule has 0 saturated heterocycles. The van der Waals surface area contributed by atoms with Crippen LogP contribution in [-0.2, 0) is 0 Å². The second kappa shape index (κ2) is 6.45. The van der Waals surface area contributed by atoms with Crippen LogP contribution in [0.4, 0.5) is 5.82 Å². The average molecular weight is 369 g/mol. The zero-order chi connectivity index (χ0) is 19.1. The first-order chi connectivity index (χ1) is 13.7. The maximum atomic E-state index is 4.98. The molecule has 2 N–H and O–H groups in total. The van der Waals surface area contributed by atoms with Crippen molar-refractivity contribution in [1.82, 2.24) is 29.5 Å². The normalized spacial score (nSPS) is 12.5. The lowest BCUT2D eigenvalue weighted by Gasteiger charge is -2.17. The van der Waals surface area contributed by atoms with E-state index in [1.165, 1.54) is 6.33 Å². The van der Waals surface area contributed by atoms with Crippen molar-refractivity contribution in [1.29, 1.82) is 0 Å². The highest BCUT2D eigenvalue weighted by Gasteiger charge is 2.20. The summed E-state index contributed by atoms with van der Waals surface area (Å²) in [5, 5.41) is 3.47. The molecule has 28 heavy (non-hydrogen) atoms. The number of H-pyrrole nitrogens is 1. The molecule has 0 saturated carbocycles. The van der Waals surface area contributed by atoms with Crippen molar-refractivity contribution in [2.24, 2.45) is 0 Å². The zero-order valence-electron chi connectivity index (χ0n) is 15.6. The van der Waals surface area contributed by atoms with Gasteiger partial charge in [0.1, 0.15) is 17.7 Å². The molecule has 0 spiro atoms. The van der Waals surface area contributed by atoms with Crippen molar-refractivity contribution >= 4 is 28.0 Å². The molecule has 0 radical (unpaired) electrons. The highest BCUT2D eigenvalue weighted by Crippen LogP contribution is 2.29. The van der Waals surface area contributed by atoms with E-state index in [1.54, 1.807) is 6.33 Å². The van der Waals surface area contributed by atoms with Gasteiger partial charge in [-0.15, -0.1) is 0 Å². The standard InChI is InChI=1S/C21H19N7/c1-13-7-6-10-16-17(13)27-21(28(16)15-8-4-3-5-9-15)14(2)26-20-18-19(23-11-22-18)24-12-25-20/h3-12,14H,1-2H3,(H2,22,23,24,25,26)/t14-/m0/s1. The number of anilines is 1. The second-order valence-corrected chi connectivity index (χ2v) is 6.77. The van der Waals surface area contributed by atoms with Crippen LogP contribution in [0.25, 0.3) is 27.9 Å². The van der Waals surface area contributed by atoms with E-state index in [-0.39, 0.29) is 6.04 Å². The molecule has 7 nitrogen and oxygen atoms in total. The summed E-state index contributed by atoms with van der Waals surface area (Å²) < 4.78 is 2.20. The van der Waals surface area contributed by atoms with E-state index in [9.17, 15) is 0 Å². The summed E-state index contributed by atoms with van der Waals surface area (Å²) >= 11 is 0. The van der Waals surface area contributed by atoms with E-state index in [0.717, 1.165) is 33.6 Å². The third-order valence-electron chi connectivity index (χ3n) is 4.89. The maximum Gasteiger partial charge on any atom is 0.182 e. The molecule has 3 aromatic heterocycles. The molecular formula is C21H19N7. The van der Waals surface area contributed by atoms with Gasteiger partial charge in [0.25, 0.3) is 0 Å². The molecule has 2 aromatic carbocycles. The van der Waals surface area contributed by atoms with Crippen molar-refractivity contribution < 1.29 is 0 Å². The quantitative estimate of drug-likeness (QED) is 0.497. The van der Waals surface area contributed by atoms with E-state index in [1.807, 2.05) is 18.2 Å². The van der Waals surface area contributed by atoms with Gasteiger partial charge in [-0.3, -0.25) is 4.57 Å². The minimum Gasteiger partial charge on any atom is -0.358 e. The molecule has 3 heterocycles. The van der Waals surface area contributed by atoms with E-state index in [2.05, 4.69) is 74.0 Å². The van der Waals surface area contributed by atoms with Crippen molar-refractivity contribution in [3.63, 3.8) is 0 Å². The van der Waals surface area contributed by atoms with Crippen molar-refractivity contribution in [3.05, 3.63) is 72.6 Å². The molecule has 138 valence electrons. The Bertz CT molecular complexity index is 1270. The van der Waals surface area contributed by atoms with Crippen LogP contribution in [0.1, 0.15) is 24.4 Å². The first-order valence-electron chi connectivity index (χ1n) is 9.16. The molecule has 0 fully saturated rings. The van der Waals surface area contributed by atoms with E-state index in [4.69, 9.17) is 4.98 Å². The number of hydrogen-bond acceptors (Lipinski definition) is 5. The Morgan fingerprint density at radius 2 is 1.86 bits per heavy atom. The van der Waals surface area contributed by atoms with Crippen LogP contribution in [0.2, 0.25) is 0 Å². The van der Waals surface area contributed by atoms with Gasteiger partial charge in [0.05, 0.1) is 23.4 Å². The molecule has 5 rings (SSSR count). The van der Waals surface area contributed by atoms with Gasteiger partial charge in [-0.1, -0.05) is 30.3 Å². The molecular weight excluding hydrogens is 350 g/mol.